The predicted molar refractivity (Wildman–Crippen MR) is 172 cm³/mol. The van der Waals surface area contributed by atoms with Crippen molar-refractivity contribution < 1.29 is 82.2 Å². The standard InChI is InChI=1S/C22H23N5O19S6/c23-15-11-20(28)19(27-25-17-4-2-14(10-22(17)50(36,37)38)48(31,32)8-6-46-52(42,43)44)12-18(15)26-24-16-3-1-13(9-21(16)49(33,34)35)47(29,30)7-5-45-51(39,40)41/h1-4,9-12,28H,5-8,23H2,(H,33,34,35)(H,36,37,38)(H,39,40,41)(H,42,43,44). The summed E-state index contributed by atoms with van der Waals surface area (Å²) in [6.07, 6.45) is 0. The van der Waals surface area contributed by atoms with Gasteiger partial charge < -0.3 is 10.8 Å². The van der Waals surface area contributed by atoms with Crippen molar-refractivity contribution in [1.82, 2.24) is 0 Å². The van der Waals surface area contributed by atoms with Gasteiger partial charge in [0.1, 0.15) is 38.3 Å². The van der Waals surface area contributed by atoms with Gasteiger partial charge in [-0.3, -0.25) is 18.2 Å². The van der Waals surface area contributed by atoms with E-state index in [0.717, 1.165) is 36.4 Å². The summed E-state index contributed by atoms with van der Waals surface area (Å²) in [5, 5.41) is 24.8. The molecule has 52 heavy (non-hydrogen) atoms. The lowest BCUT2D eigenvalue weighted by molar-refractivity contribution is 0.282. The Morgan fingerprint density at radius 1 is 0.519 bits per heavy atom. The molecule has 0 heterocycles. The van der Waals surface area contributed by atoms with Crippen molar-refractivity contribution in [2.24, 2.45) is 20.5 Å². The van der Waals surface area contributed by atoms with Crippen LogP contribution < -0.4 is 5.73 Å². The smallest absolute Gasteiger partial charge is 0.397 e. The van der Waals surface area contributed by atoms with E-state index in [1.165, 1.54) is 0 Å². The minimum atomic E-state index is -5.22. The molecule has 3 rings (SSSR count). The van der Waals surface area contributed by atoms with Crippen LogP contribution in [0.2, 0.25) is 0 Å². The summed E-state index contributed by atoms with van der Waals surface area (Å²) >= 11 is 0. The zero-order valence-electron chi connectivity index (χ0n) is 25.2. The number of nitrogen functional groups attached to an aromatic ring is 1. The van der Waals surface area contributed by atoms with Crippen LogP contribution in [0, 0.1) is 0 Å². The first-order valence-electron chi connectivity index (χ1n) is 13.0. The molecular weight excluding hydrogens is 831 g/mol. The normalized spacial score (nSPS) is 13.6. The molecule has 3 aromatic rings. The van der Waals surface area contributed by atoms with Crippen molar-refractivity contribution in [3.63, 3.8) is 0 Å². The molecule has 0 unspecified atom stereocenters. The Balaban J connectivity index is 1.99. The van der Waals surface area contributed by atoms with Crippen molar-refractivity contribution in [1.29, 1.82) is 0 Å². The lowest BCUT2D eigenvalue weighted by atomic mass is 10.2. The maximum absolute atomic E-state index is 12.5. The molecule has 0 aromatic heterocycles. The molecule has 0 saturated heterocycles. The van der Waals surface area contributed by atoms with Crippen LogP contribution in [0.1, 0.15) is 0 Å². The molecule has 0 radical (unpaired) electrons. The Bertz CT molecular complexity index is 2450. The number of nitrogens with zero attached hydrogens (tertiary/aromatic N) is 4. The minimum absolute atomic E-state index is 0.335. The van der Waals surface area contributed by atoms with Gasteiger partial charge in [-0.2, -0.15) is 33.7 Å². The minimum Gasteiger partial charge on any atom is -0.506 e. The maximum atomic E-state index is 12.5. The average molecular weight is 854 g/mol. The number of nitrogens with two attached hydrogens (primary N) is 1. The van der Waals surface area contributed by atoms with E-state index < -0.39 is 128 Å². The molecule has 30 heteroatoms. The lowest BCUT2D eigenvalue weighted by Gasteiger charge is -2.08. The first-order valence-corrected chi connectivity index (χ1v) is 21.9. The molecule has 0 aliphatic rings. The number of phenols is 1. The third kappa shape index (κ3) is 12.0. The Morgan fingerprint density at radius 2 is 0.885 bits per heavy atom. The van der Waals surface area contributed by atoms with E-state index in [-0.39, 0.29) is 11.4 Å². The van der Waals surface area contributed by atoms with E-state index >= 15 is 0 Å². The molecule has 286 valence electrons. The summed E-state index contributed by atoms with van der Waals surface area (Å²) in [6.45, 7) is -2.10. The van der Waals surface area contributed by atoms with Crippen LogP contribution in [-0.2, 0) is 69.1 Å². The van der Waals surface area contributed by atoms with Gasteiger partial charge in [-0.1, -0.05) is 0 Å². The fourth-order valence-corrected chi connectivity index (χ4v) is 8.12. The SMILES string of the molecule is Nc1cc(O)c(N=Nc2ccc(S(=O)(=O)CCOS(=O)(=O)O)cc2S(=O)(=O)O)cc1N=Nc1ccc(S(=O)(=O)CCOS(=O)(=O)O)cc1S(=O)(=O)O. The number of hydrogen-bond donors (Lipinski definition) is 6. The van der Waals surface area contributed by atoms with Crippen molar-refractivity contribution in [3.05, 3.63) is 48.5 Å². The third-order valence-corrected chi connectivity index (χ3v) is 12.0. The third-order valence-electron chi connectivity index (χ3n) is 5.96. The fraction of sp³-hybridized carbons (Fsp3) is 0.182. The highest BCUT2D eigenvalue weighted by atomic mass is 32.3. The van der Waals surface area contributed by atoms with Crippen LogP contribution in [-0.4, -0.2) is 98.5 Å². The van der Waals surface area contributed by atoms with Gasteiger partial charge in [0.2, 0.25) is 0 Å². The zero-order valence-corrected chi connectivity index (χ0v) is 30.1. The van der Waals surface area contributed by atoms with Gasteiger partial charge in [-0.15, -0.1) is 20.5 Å². The van der Waals surface area contributed by atoms with Crippen molar-refractivity contribution in [3.8, 4) is 5.75 Å². The molecule has 0 atom stereocenters. The summed E-state index contributed by atoms with van der Waals surface area (Å²) in [4.78, 5) is -3.71. The molecule has 24 nitrogen and oxygen atoms in total. The predicted octanol–water partition coefficient (Wildman–Crippen LogP) is 1.48. The number of phenolic OH excluding ortho intramolecular Hbond substituents is 1. The van der Waals surface area contributed by atoms with Gasteiger partial charge in [0.05, 0.1) is 40.2 Å². The van der Waals surface area contributed by atoms with Crippen molar-refractivity contribution in [2.75, 3.05) is 30.5 Å². The lowest BCUT2D eigenvalue weighted by Crippen LogP contribution is -2.16. The monoisotopic (exact) mass is 853 g/mol. The molecule has 0 bridgehead atoms. The fourth-order valence-electron chi connectivity index (χ4n) is 3.65. The topological polar surface area (TPSA) is 400 Å². The van der Waals surface area contributed by atoms with Crippen LogP contribution in [0.4, 0.5) is 28.4 Å². The molecule has 0 saturated carbocycles. The first-order chi connectivity index (χ1) is 23.6. The van der Waals surface area contributed by atoms with Gasteiger partial charge in [-0.25, -0.2) is 25.2 Å². The van der Waals surface area contributed by atoms with E-state index in [1.807, 2.05) is 0 Å². The number of sulfone groups is 2. The van der Waals surface area contributed by atoms with E-state index in [2.05, 4.69) is 28.8 Å². The van der Waals surface area contributed by atoms with Crippen molar-refractivity contribution in [2.45, 2.75) is 19.6 Å². The second kappa shape index (κ2) is 15.5. The van der Waals surface area contributed by atoms with E-state index in [1.54, 1.807) is 0 Å². The van der Waals surface area contributed by atoms with Crippen molar-refractivity contribution >= 4 is 89.1 Å². The average Bonchev–Trinajstić information content (AvgIpc) is 2.97. The molecule has 7 N–H and O–H groups in total. The molecule has 0 fully saturated rings. The Kier molecular flexibility index (Phi) is 12.6. The number of rotatable bonds is 16. The Hall–Kier alpha value is -4.08. The van der Waals surface area contributed by atoms with Crippen LogP contribution in [0.5, 0.6) is 5.75 Å². The quantitative estimate of drug-likeness (QED) is 0.0675. The van der Waals surface area contributed by atoms with Gasteiger partial charge in [-0.05, 0) is 42.5 Å². The summed E-state index contributed by atoms with van der Waals surface area (Å²) in [7, 11) is -29.3. The molecule has 0 aliphatic heterocycles. The summed E-state index contributed by atoms with van der Waals surface area (Å²) < 4.78 is 185. The zero-order chi connectivity index (χ0) is 39.5. The number of azo groups is 2. The number of benzene rings is 3. The van der Waals surface area contributed by atoms with E-state index in [0.29, 0.717) is 12.1 Å². The Labute approximate surface area is 294 Å². The number of aromatic hydroxyl groups is 1. The van der Waals surface area contributed by atoms with Crippen LogP contribution in [0.25, 0.3) is 0 Å². The van der Waals surface area contributed by atoms with Crippen LogP contribution >= 0.6 is 0 Å². The van der Waals surface area contributed by atoms with Gasteiger partial charge >= 0.3 is 20.8 Å². The summed E-state index contributed by atoms with van der Waals surface area (Å²) in [5.41, 5.74) is 3.22. The second-order valence-electron chi connectivity index (χ2n) is 9.65. The molecular formula is C22H23N5O19S6. The molecule has 0 amide bonds. The molecule has 3 aromatic carbocycles. The maximum Gasteiger partial charge on any atom is 0.397 e. The van der Waals surface area contributed by atoms with Crippen LogP contribution in [0.3, 0.4) is 0 Å². The van der Waals surface area contributed by atoms with Gasteiger partial charge in [0.25, 0.3) is 20.2 Å². The highest BCUT2D eigenvalue weighted by molar-refractivity contribution is 7.92. The van der Waals surface area contributed by atoms with E-state index in [9.17, 15) is 64.7 Å². The highest BCUT2D eigenvalue weighted by Crippen LogP contribution is 2.39. The van der Waals surface area contributed by atoms with Crippen LogP contribution in [0.15, 0.2) is 88.6 Å². The summed E-state index contributed by atoms with van der Waals surface area (Å²) in [6, 6.07) is 5.77. The largest absolute Gasteiger partial charge is 0.506 e. The van der Waals surface area contributed by atoms with Gasteiger partial charge in [0.15, 0.2) is 19.7 Å². The number of anilines is 1. The molecule has 0 aliphatic carbocycles. The summed E-state index contributed by atoms with van der Waals surface area (Å²) in [5.74, 6) is -2.82. The van der Waals surface area contributed by atoms with E-state index in [4.69, 9.17) is 14.8 Å². The highest BCUT2D eigenvalue weighted by Gasteiger charge is 2.25. The van der Waals surface area contributed by atoms with Gasteiger partial charge in [0, 0.05) is 6.07 Å². The molecule has 0 spiro atoms. The Morgan fingerprint density at radius 3 is 1.25 bits per heavy atom. The second-order valence-corrected chi connectivity index (χ2v) is 18.8. The number of hydrogen-bond acceptors (Lipinski definition) is 20. The first kappa shape index (κ1) is 42.3.